The van der Waals surface area contributed by atoms with Crippen molar-refractivity contribution in [2.45, 2.75) is 32.0 Å². The molecule has 3 nitrogen and oxygen atoms in total. The van der Waals surface area contributed by atoms with Crippen LogP contribution in [0.1, 0.15) is 24.8 Å². The average Bonchev–Trinajstić information content (AvgIpc) is 2.93. The van der Waals surface area contributed by atoms with E-state index in [0.717, 1.165) is 12.8 Å². The maximum Gasteiger partial charge on any atom is 0.161 e. The third-order valence-electron chi connectivity index (χ3n) is 3.55. The molecule has 1 aliphatic carbocycles. The van der Waals surface area contributed by atoms with E-state index in [0.29, 0.717) is 19.6 Å². The van der Waals surface area contributed by atoms with Gasteiger partial charge in [0.1, 0.15) is 0 Å². The van der Waals surface area contributed by atoms with Crippen LogP contribution in [0.4, 0.5) is 0 Å². The van der Waals surface area contributed by atoms with Gasteiger partial charge in [0.15, 0.2) is 5.78 Å². The summed E-state index contributed by atoms with van der Waals surface area (Å²) in [6.07, 6.45) is 8.77. The van der Waals surface area contributed by atoms with Crippen LogP contribution in [0.25, 0.3) is 0 Å². The lowest BCUT2D eigenvalue weighted by molar-refractivity contribution is -0.119. The molecule has 0 radical (unpaired) electrons. The van der Waals surface area contributed by atoms with E-state index in [9.17, 15) is 9.90 Å². The Bertz CT molecular complexity index is 490. The first-order valence-electron chi connectivity index (χ1n) is 7.44. The van der Waals surface area contributed by atoms with E-state index in [1.807, 2.05) is 42.5 Å². The molecule has 0 aliphatic heterocycles. The van der Waals surface area contributed by atoms with Crippen LogP contribution in [-0.4, -0.2) is 23.6 Å². The summed E-state index contributed by atoms with van der Waals surface area (Å²) < 4.78 is 5.58. The Kier molecular flexibility index (Phi) is 6.38. The van der Waals surface area contributed by atoms with Gasteiger partial charge >= 0.3 is 0 Å². The maximum absolute atomic E-state index is 11.4. The van der Waals surface area contributed by atoms with Crippen LogP contribution in [0.3, 0.4) is 0 Å². The second-order valence-corrected chi connectivity index (χ2v) is 5.25. The smallest absolute Gasteiger partial charge is 0.161 e. The van der Waals surface area contributed by atoms with Crippen LogP contribution in [0.2, 0.25) is 0 Å². The van der Waals surface area contributed by atoms with E-state index in [2.05, 4.69) is 0 Å². The van der Waals surface area contributed by atoms with Gasteiger partial charge in [-0.25, -0.2) is 0 Å². The topological polar surface area (TPSA) is 46.5 Å². The molecule has 0 bridgehead atoms. The zero-order valence-corrected chi connectivity index (χ0v) is 12.2. The van der Waals surface area contributed by atoms with Gasteiger partial charge in [0.2, 0.25) is 0 Å². The molecule has 0 aromatic heterocycles. The molecule has 1 aromatic rings. The predicted octanol–water partition coefficient (Wildman–Crippen LogP) is 3.05. The van der Waals surface area contributed by atoms with Gasteiger partial charge in [-0.05, 0) is 30.9 Å². The van der Waals surface area contributed by atoms with Gasteiger partial charge in [-0.1, -0.05) is 48.6 Å². The minimum atomic E-state index is -0.669. The van der Waals surface area contributed by atoms with Crippen molar-refractivity contribution >= 4 is 5.78 Å². The lowest BCUT2D eigenvalue weighted by atomic mass is 9.98. The summed E-state index contributed by atoms with van der Waals surface area (Å²) >= 11 is 0. The second-order valence-electron chi connectivity index (χ2n) is 5.25. The minimum Gasteiger partial charge on any atom is -0.388 e. The monoisotopic (exact) mass is 286 g/mol. The molecular weight excluding hydrogens is 264 g/mol. The van der Waals surface area contributed by atoms with Crippen LogP contribution in [0.5, 0.6) is 0 Å². The molecule has 0 fully saturated rings. The van der Waals surface area contributed by atoms with Crippen molar-refractivity contribution in [3.8, 4) is 0 Å². The largest absolute Gasteiger partial charge is 0.388 e. The first kappa shape index (κ1) is 15.7. The highest BCUT2D eigenvalue weighted by atomic mass is 16.5. The quantitative estimate of drug-likeness (QED) is 0.590. The molecule has 3 heteroatoms. The Balaban J connectivity index is 1.55. The standard InChI is InChI=1S/C18H22O3/c19-17(16-10-7-12-18(16)20)11-5-2-6-13-21-14-15-8-3-1-4-9-15/h1,3-5,7-9,11-12,16-17,19H,2,6,10,13-14H2/b11-5+. The van der Waals surface area contributed by atoms with Gasteiger partial charge in [-0.2, -0.15) is 0 Å². The van der Waals surface area contributed by atoms with Crippen molar-refractivity contribution in [2.75, 3.05) is 6.61 Å². The number of hydrogen-bond donors (Lipinski definition) is 1. The number of aliphatic hydroxyl groups excluding tert-OH is 1. The average molecular weight is 286 g/mol. The van der Waals surface area contributed by atoms with E-state index in [-0.39, 0.29) is 11.7 Å². The molecule has 2 rings (SSSR count). The Hall–Kier alpha value is -1.71. The van der Waals surface area contributed by atoms with Crippen molar-refractivity contribution < 1.29 is 14.6 Å². The fourth-order valence-electron chi connectivity index (χ4n) is 2.32. The molecule has 0 saturated heterocycles. The van der Waals surface area contributed by atoms with Crippen LogP contribution in [0.15, 0.2) is 54.6 Å². The summed E-state index contributed by atoms with van der Waals surface area (Å²) in [5, 5.41) is 9.89. The lowest BCUT2D eigenvalue weighted by Crippen LogP contribution is -2.21. The number of rotatable bonds is 8. The molecule has 0 amide bonds. The summed E-state index contributed by atoms with van der Waals surface area (Å²) in [5.41, 5.74) is 1.18. The van der Waals surface area contributed by atoms with Crippen LogP contribution >= 0.6 is 0 Å². The van der Waals surface area contributed by atoms with Crippen LogP contribution < -0.4 is 0 Å². The fourth-order valence-corrected chi connectivity index (χ4v) is 2.32. The highest BCUT2D eigenvalue weighted by Crippen LogP contribution is 2.19. The molecule has 2 unspecified atom stereocenters. The number of aliphatic hydroxyl groups is 1. The van der Waals surface area contributed by atoms with Crippen molar-refractivity contribution in [3.05, 3.63) is 60.2 Å². The molecule has 21 heavy (non-hydrogen) atoms. The molecule has 112 valence electrons. The van der Waals surface area contributed by atoms with Crippen molar-refractivity contribution in [1.82, 2.24) is 0 Å². The van der Waals surface area contributed by atoms with Gasteiger partial charge in [0, 0.05) is 6.61 Å². The zero-order valence-electron chi connectivity index (χ0n) is 12.2. The molecule has 0 spiro atoms. The highest BCUT2D eigenvalue weighted by molar-refractivity contribution is 5.94. The number of benzene rings is 1. The van der Waals surface area contributed by atoms with Crippen molar-refractivity contribution in [2.24, 2.45) is 5.92 Å². The summed E-state index contributed by atoms with van der Waals surface area (Å²) in [7, 11) is 0. The molecule has 0 heterocycles. The minimum absolute atomic E-state index is 0.0262. The van der Waals surface area contributed by atoms with Gasteiger partial charge in [0.05, 0.1) is 18.6 Å². The number of allylic oxidation sites excluding steroid dienone is 3. The van der Waals surface area contributed by atoms with Gasteiger partial charge in [0.25, 0.3) is 0 Å². The normalized spacial score (nSPS) is 19.5. The third kappa shape index (κ3) is 5.29. The maximum atomic E-state index is 11.4. The number of ether oxygens (including phenoxy) is 1. The summed E-state index contributed by atoms with van der Waals surface area (Å²) in [5.74, 6) is -0.256. The Labute approximate surface area is 125 Å². The summed E-state index contributed by atoms with van der Waals surface area (Å²) in [4.78, 5) is 11.4. The molecule has 1 aliphatic rings. The van der Waals surface area contributed by atoms with E-state index >= 15 is 0 Å². The van der Waals surface area contributed by atoms with E-state index in [1.54, 1.807) is 12.2 Å². The van der Waals surface area contributed by atoms with Crippen LogP contribution in [-0.2, 0) is 16.1 Å². The van der Waals surface area contributed by atoms with Gasteiger partial charge < -0.3 is 9.84 Å². The number of ketones is 1. The Morgan fingerprint density at radius 3 is 2.86 bits per heavy atom. The zero-order chi connectivity index (χ0) is 14.9. The first-order valence-corrected chi connectivity index (χ1v) is 7.44. The Morgan fingerprint density at radius 1 is 1.33 bits per heavy atom. The summed E-state index contributed by atoms with van der Waals surface area (Å²) in [6.45, 7) is 1.33. The third-order valence-corrected chi connectivity index (χ3v) is 3.55. The van der Waals surface area contributed by atoms with Gasteiger partial charge in [-0.15, -0.1) is 0 Å². The van der Waals surface area contributed by atoms with Gasteiger partial charge in [-0.3, -0.25) is 4.79 Å². The van der Waals surface area contributed by atoms with E-state index in [1.165, 1.54) is 5.56 Å². The van der Waals surface area contributed by atoms with E-state index < -0.39 is 6.10 Å². The van der Waals surface area contributed by atoms with E-state index in [4.69, 9.17) is 4.74 Å². The van der Waals surface area contributed by atoms with Crippen molar-refractivity contribution in [3.63, 3.8) is 0 Å². The second kappa shape index (κ2) is 8.55. The summed E-state index contributed by atoms with van der Waals surface area (Å²) in [6, 6.07) is 10.1. The number of unbranched alkanes of at least 4 members (excludes halogenated alkanes) is 1. The molecule has 1 aromatic carbocycles. The van der Waals surface area contributed by atoms with Crippen molar-refractivity contribution in [1.29, 1.82) is 0 Å². The predicted molar refractivity (Wildman–Crippen MR) is 82.7 cm³/mol. The molecule has 0 saturated carbocycles. The van der Waals surface area contributed by atoms with Crippen LogP contribution in [0, 0.1) is 5.92 Å². The lowest BCUT2D eigenvalue weighted by Gasteiger charge is -2.11. The Morgan fingerprint density at radius 2 is 2.14 bits per heavy atom. The highest BCUT2D eigenvalue weighted by Gasteiger charge is 2.25. The molecular formula is C18H22O3. The molecule has 1 N–H and O–H groups in total. The first-order chi connectivity index (χ1) is 10.3. The fraction of sp³-hybridized carbons (Fsp3) is 0.389. The number of carbonyl (C=O) groups excluding carboxylic acids is 1. The molecule has 2 atom stereocenters. The SMILES string of the molecule is O=C1C=CCC1C(O)/C=C/CCCOCc1ccccc1. The number of hydrogen-bond acceptors (Lipinski definition) is 3. The number of carbonyl (C=O) groups is 1.